The first-order chi connectivity index (χ1) is 13.3. The molecule has 0 saturated carbocycles. The number of methoxy groups -OCH3 is 1. The standard InChI is InChI=1S/C21H20N4O2/c1-27-18-8-7-16(11-17(18)14-26)20-21(23-12-15-5-3-2-4-6-15)25-10-9-22-13-19(25)24-20/h2-11,13,23,26H,12,14H2,1H3. The summed E-state index contributed by atoms with van der Waals surface area (Å²) in [5.41, 5.74) is 4.36. The number of anilines is 1. The summed E-state index contributed by atoms with van der Waals surface area (Å²) in [6.45, 7) is 0.575. The van der Waals surface area contributed by atoms with E-state index < -0.39 is 0 Å². The molecular formula is C21H20N4O2. The minimum atomic E-state index is -0.0985. The van der Waals surface area contributed by atoms with Gasteiger partial charge < -0.3 is 15.2 Å². The molecule has 2 aromatic carbocycles. The summed E-state index contributed by atoms with van der Waals surface area (Å²) < 4.78 is 7.29. The van der Waals surface area contributed by atoms with Gasteiger partial charge in [-0.25, -0.2) is 4.98 Å². The van der Waals surface area contributed by atoms with Crippen LogP contribution in [0.1, 0.15) is 11.1 Å². The Labute approximate surface area is 157 Å². The fourth-order valence-corrected chi connectivity index (χ4v) is 3.11. The second kappa shape index (κ2) is 7.47. The highest BCUT2D eigenvalue weighted by Gasteiger charge is 2.15. The first kappa shape index (κ1) is 17.1. The maximum Gasteiger partial charge on any atom is 0.157 e. The van der Waals surface area contributed by atoms with Crippen molar-refractivity contribution in [2.45, 2.75) is 13.2 Å². The maximum atomic E-state index is 9.65. The summed E-state index contributed by atoms with van der Waals surface area (Å²) in [6, 6.07) is 15.9. The summed E-state index contributed by atoms with van der Waals surface area (Å²) in [7, 11) is 1.59. The highest BCUT2D eigenvalue weighted by atomic mass is 16.5. The van der Waals surface area contributed by atoms with Crippen LogP contribution in [0.3, 0.4) is 0 Å². The van der Waals surface area contributed by atoms with E-state index in [0.29, 0.717) is 12.3 Å². The molecule has 0 aliphatic heterocycles. The van der Waals surface area contributed by atoms with Crippen LogP contribution in [0, 0.1) is 0 Å². The van der Waals surface area contributed by atoms with Crippen LogP contribution in [0.25, 0.3) is 16.9 Å². The molecule has 0 fully saturated rings. The van der Waals surface area contributed by atoms with E-state index in [-0.39, 0.29) is 6.61 Å². The highest BCUT2D eigenvalue weighted by Crippen LogP contribution is 2.32. The van der Waals surface area contributed by atoms with Crippen LogP contribution >= 0.6 is 0 Å². The first-order valence-corrected chi connectivity index (χ1v) is 8.68. The largest absolute Gasteiger partial charge is 0.496 e. The molecule has 6 nitrogen and oxygen atoms in total. The van der Waals surface area contributed by atoms with E-state index in [1.54, 1.807) is 19.5 Å². The van der Waals surface area contributed by atoms with Crippen LogP contribution in [0.5, 0.6) is 5.75 Å². The lowest BCUT2D eigenvalue weighted by atomic mass is 10.1. The number of nitrogens with one attached hydrogen (secondary N) is 1. The fourth-order valence-electron chi connectivity index (χ4n) is 3.11. The molecule has 0 aliphatic carbocycles. The van der Waals surface area contributed by atoms with Gasteiger partial charge >= 0.3 is 0 Å². The van der Waals surface area contributed by atoms with Gasteiger partial charge in [-0.3, -0.25) is 9.38 Å². The van der Waals surface area contributed by atoms with Gasteiger partial charge in [0.15, 0.2) is 5.65 Å². The van der Waals surface area contributed by atoms with Crippen LogP contribution in [0.4, 0.5) is 5.82 Å². The van der Waals surface area contributed by atoms with Gasteiger partial charge in [0.25, 0.3) is 0 Å². The number of benzene rings is 2. The third-order valence-corrected chi connectivity index (χ3v) is 4.46. The maximum absolute atomic E-state index is 9.65. The number of hydrogen-bond acceptors (Lipinski definition) is 5. The lowest BCUT2D eigenvalue weighted by Gasteiger charge is -2.11. The molecule has 6 heteroatoms. The molecule has 0 unspecified atom stereocenters. The van der Waals surface area contributed by atoms with Crippen LogP contribution in [-0.2, 0) is 13.2 Å². The molecule has 0 bridgehead atoms. The first-order valence-electron chi connectivity index (χ1n) is 8.68. The van der Waals surface area contributed by atoms with Gasteiger partial charge in [0.2, 0.25) is 0 Å². The fraction of sp³-hybridized carbons (Fsp3) is 0.143. The molecular weight excluding hydrogens is 340 g/mol. The number of imidazole rings is 1. The average molecular weight is 360 g/mol. The van der Waals surface area contributed by atoms with Crippen molar-refractivity contribution in [1.29, 1.82) is 0 Å². The molecule has 2 N–H and O–H groups in total. The number of aromatic nitrogens is 3. The van der Waals surface area contributed by atoms with Crippen molar-refractivity contribution >= 4 is 11.5 Å². The minimum Gasteiger partial charge on any atom is -0.496 e. The molecule has 27 heavy (non-hydrogen) atoms. The topological polar surface area (TPSA) is 71.7 Å². The Hall–Kier alpha value is -3.38. The van der Waals surface area contributed by atoms with Crippen LogP contribution in [0.15, 0.2) is 67.1 Å². The number of rotatable bonds is 6. The SMILES string of the molecule is COc1ccc(-c2nc3cnccn3c2NCc2ccccc2)cc1CO. The molecule has 0 radical (unpaired) electrons. The molecule has 4 aromatic rings. The Morgan fingerprint density at radius 2 is 2.00 bits per heavy atom. The molecule has 0 aliphatic rings. The van der Waals surface area contributed by atoms with E-state index in [0.717, 1.165) is 28.3 Å². The van der Waals surface area contributed by atoms with Crippen LogP contribution in [0.2, 0.25) is 0 Å². The predicted molar refractivity (Wildman–Crippen MR) is 105 cm³/mol. The Kier molecular flexibility index (Phi) is 4.72. The Bertz CT molecular complexity index is 1060. The average Bonchev–Trinajstić information content (AvgIpc) is 3.11. The minimum absolute atomic E-state index is 0.0985. The Balaban J connectivity index is 1.78. The molecule has 136 valence electrons. The summed E-state index contributed by atoms with van der Waals surface area (Å²) in [5, 5.41) is 13.1. The van der Waals surface area contributed by atoms with Crippen molar-refractivity contribution in [3.63, 3.8) is 0 Å². The van der Waals surface area contributed by atoms with Crippen molar-refractivity contribution in [3.8, 4) is 17.0 Å². The summed E-state index contributed by atoms with van der Waals surface area (Å²) in [4.78, 5) is 8.91. The van der Waals surface area contributed by atoms with Gasteiger partial charge in [-0.1, -0.05) is 30.3 Å². The number of aliphatic hydroxyl groups excluding tert-OH is 1. The molecule has 4 rings (SSSR count). The normalized spacial score (nSPS) is 10.9. The van der Waals surface area contributed by atoms with E-state index in [1.807, 2.05) is 47.0 Å². The Morgan fingerprint density at radius 1 is 1.15 bits per heavy atom. The summed E-state index contributed by atoms with van der Waals surface area (Å²) in [5.74, 6) is 1.54. The molecule has 0 saturated heterocycles. The van der Waals surface area contributed by atoms with Crippen molar-refractivity contribution < 1.29 is 9.84 Å². The van der Waals surface area contributed by atoms with Crippen molar-refractivity contribution in [3.05, 3.63) is 78.2 Å². The van der Waals surface area contributed by atoms with Gasteiger partial charge in [0.05, 0.1) is 19.9 Å². The third-order valence-electron chi connectivity index (χ3n) is 4.46. The number of nitrogens with zero attached hydrogens (tertiary/aromatic N) is 3. The van der Waals surface area contributed by atoms with Crippen molar-refractivity contribution in [2.75, 3.05) is 12.4 Å². The highest BCUT2D eigenvalue weighted by molar-refractivity contribution is 5.77. The second-order valence-electron chi connectivity index (χ2n) is 6.14. The summed E-state index contributed by atoms with van der Waals surface area (Å²) in [6.07, 6.45) is 5.35. The van der Waals surface area contributed by atoms with E-state index >= 15 is 0 Å². The zero-order chi connectivity index (χ0) is 18.6. The monoisotopic (exact) mass is 360 g/mol. The lowest BCUT2D eigenvalue weighted by Crippen LogP contribution is -2.03. The lowest BCUT2D eigenvalue weighted by molar-refractivity contribution is 0.274. The van der Waals surface area contributed by atoms with Gasteiger partial charge in [-0.05, 0) is 23.8 Å². The number of hydrogen-bond donors (Lipinski definition) is 2. The van der Waals surface area contributed by atoms with E-state index in [9.17, 15) is 5.11 Å². The van der Waals surface area contributed by atoms with E-state index in [2.05, 4.69) is 22.4 Å². The smallest absolute Gasteiger partial charge is 0.157 e. The number of aliphatic hydroxyl groups is 1. The molecule has 2 heterocycles. The zero-order valence-corrected chi connectivity index (χ0v) is 15.0. The van der Waals surface area contributed by atoms with Crippen molar-refractivity contribution in [2.24, 2.45) is 0 Å². The molecule has 2 aromatic heterocycles. The second-order valence-corrected chi connectivity index (χ2v) is 6.14. The quantitative estimate of drug-likeness (QED) is 0.551. The molecule has 0 spiro atoms. The molecule has 0 amide bonds. The van der Waals surface area contributed by atoms with Crippen molar-refractivity contribution in [1.82, 2.24) is 14.4 Å². The number of fused-ring (bicyclic) bond motifs is 1. The molecule has 0 atom stereocenters. The van der Waals surface area contributed by atoms with Crippen LogP contribution in [-0.4, -0.2) is 26.6 Å². The van der Waals surface area contributed by atoms with Gasteiger partial charge in [-0.2, -0.15) is 0 Å². The number of ether oxygens (including phenoxy) is 1. The van der Waals surface area contributed by atoms with E-state index in [1.165, 1.54) is 5.56 Å². The summed E-state index contributed by atoms with van der Waals surface area (Å²) >= 11 is 0. The van der Waals surface area contributed by atoms with Gasteiger partial charge in [-0.15, -0.1) is 0 Å². The predicted octanol–water partition coefficient (Wildman–Crippen LogP) is 3.51. The van der Waals surface area contributed by atoms with E-state index in [4.69, 9.17) is 9.72 Å². The zero-order valence-electron chi connectivity index (χ0n) is 15.0. The third kappa shape index (κ3) is 3.35. The van der Waals surface area contributed by atoms with Gasteiger partial charge in [0.1, 0.15) is 17.3 Å². The van der Waals surface area contributed by atoms with Gasteiger partial charge in [0, 0.05) is 30.1 Å². The Morgan fingerprint density at radius 3 is 2.78 bits per heavy atom. The van der Waals surface area contributed by atoms with Crippen LogP contribution < -0.4 is 10.1 Å².